The predicted octanol–water partition coefficient (Wildman–Crippen LogP) is 5.15. The first kappa shape index (κ1) is 15.8. The Kier molecular flexibility index (Phi) is 4.24. The molecule has 0 saturated heterocycles. The smallest absolute Gasteiger partial charge is 0.416 e. The lowest BCUT2D eigenvalue weighted by molar-refractivity contribution is -0.137. The summed E-state index contributed by atoms with van der Waals surface area (Å²) < 4.78 is 48.3. The van der Waals surface area contributed by atoms with Gasteiger partial charge in [-0.25, -0.2) is 0 Å². The van der Waals surface area contributed by atoms with E-state index < -0.39 is 11.7 Å². The summed E-state index contributed by atoms with van der Waals surface area (Å²) in [6.45, 7) is 0. The van der Waals surface area contributed by atoms with Gasteiger partial charge in [0.2, 0.25) is 5.82 Å². The number of hydrogen-bond donors (Lipinski definition) is 0. The Bertz CT molecular complexity index is 799. The molecule has 0 aliphatic carbocycles. The molecule has 118 valence electrons. The van der Waals surface area contributed by atoms with E-state index in [0.717, 1.165) is 17.7 Å². The Morgan fingerprint density at radius 2 is 1.48 bits per heavy atom. The average molecular weight is 432 g/mol. The largest absolute Gasteiger partial charge is 0.457 e. The first-order valence-electron chi connectivity index (χ1n) is 6.36. The second-order valence-electron chi connectivity index (χ2n) is 4.52. The van der Waals surface area contributed by atoms with Crippen molar-refractivity contribution in [3.8, 4) is 22.9 Å². The van der Waals surface area contributed by atoms with Gasteiger partial charge < -0.3 is 9.26 Å². The van der Waals surface area contributed by atoms with E-state index in [4.69, 9.17) is 9.26 Å². The van der Waals surface area contributed by atoms with Crippen molar-refractivity contribution >= 4 is 22.6 Å². The van der Waals surface area contributed by atoms with Crippen LogP contribution in [0.15, 0.2) is 53.1 Å². The van der Waals surface area contributed by atoms with Crippen LogP contribution < -0.4 is 4.74 Å². The highest BCUT2D eigenvalue weighted by atomic mass is 127. The molecule has 2 aromatic carbocycles. The van der Waals surface area contributed by atoms with Crippen molar-refractivity contribution in [2.45, 2.75) is 6.18 Å². The summed E-state index contributed by atoms with van der Waals surface area (Å²) in [7, 11) is 0. The SMILES string of the molecule is FC(F)(F)c1ccc(Oc2ccc(-c3noc(I)n3)cc2)cc1. The average Bonchev–Trinajstić information content (AvgIpc) is 2.94. The zero-order chi connectivity index (χ0) is 16.4. The van der Waals surface area contributed by atoms with Crippen LogP contribution in [0.2, 0.25) is 0 Å². The van der Waals surface area contributed by atoms with Gasteiger partial charge in [0.25, 0.3) is 3.90 Å². The molecule has 1 heterocycles. The van der Waals surface area contributed by atoms with E-state index in [0.29, 0.717) is 21.2 Å². The number of hydrogen-bond acceptors (Lipinski definition) is 4. The summed E-state index contributed by atoms with van der Waals surface area (Å²) >= 11 is 1.91. The van der Waals surface area contributed by atoms with Crippen LogP contribution in [0, 0.1) is 3.90 Å². The molecule has 4 nitrogen and oxygen atoms in total. The maximum Gasteiger partial charge on any atom is 0.416 e. The van der Waals surface area contributed by atoms with Gasteiger partial charge in [-0.05, 0) is 48.5 Å². The number of rotatable bonds is 3. The fraction of sp³-hybridized carbons (Fsp3) is 0.0667. The zero-order valence-electron chi connectivity index (χ0n) is 11.3. The molecule has 0 atom stereocenters. The maximum atomic E-state index is 12.5. The Morgan fingerprint density at radius 3 is 1.96 bits per heavy atom. The number of benzene rings is 2. The van der Waals surface area contributed by atoms with Crippen LogP contribution in [0.5, 0.6) is 11.5 Å². The molecule has 0 unspecified atom stereocenters. The quantitative estimate of drug-likeness (QED) is 0.538. The van der Waals surface area contributed by atoms with Crippen molar-refractivity contribution in [1.29, 1.82) is 0 Å². The summed E-state index contributed by atoms with van der Waals surface area (Å²) in [5.41, 5.74) is 0.0309. The number of ether oxygens (including phenoxy) is 1. The van der Waals surface area contributed by atoms with Crippen LogP contribution in [0.25, 0.3) is 11.4 Å². The summed E-state index contributed by atoms with van der Waals surface area (Å²) in [6.07, 6.45) is -4.36. The minimum absolute atomic E-state index is 0.319. The molecule has 8 heteroatoms. The normalized spacial score (nSPS) is 11.5. The van der Waals surface area contributed by atoms with E-state index in [9.17, 15) is 13.2 Å². The second kappa shape index (κ2) is 6.19. The summed E-state index contributed by atoms with van der Waals surface area (Å²) in [4.78, 5) is 4.09. The molecule has 0 bridgehead atoms. The Balaban J connectivity index is 1.73. The van der Waals surface area contributed by atoms with Crippen molar-refractivity contribution in [2.75, 3.05) is 0 Å². The van der Waals surface area contributed by atoms with Gasteiger partial charge >= 0.3 is 6.18 Å². The van der Waals surface area contributed by atoms with Crippen LogP contribution in [-0.4, -0.2) is 10.1 Å². The van der Waals surface area contributed by atoms with Gasteiger partial charge in [0.15, 0.2) is 0 Å². The van der Waals surface area contributed by atoms with Crippen molar-refractivity contribution in [2.24, 2.45) is 0 Å². The molecule has 0 saturated carbocycles. The van der Waals surface area contributed by atoms with Crippen LogP contribution in [-0.2, 0) is 6.18 Å². The third-order valence-corrected chi connectivity index (χ3v) is 3.37. The lowest BCUT2D eigenvalue weighted by Gasteiger charge is -2.09. The molecule has 0 aliphatic heterocycles. The van der Waals surface area contributed by atoms with Crippen molar-refractivity contribution in [3.05, 3.63) is 58.0 Å². The van der Waals surface area contributed by atoms with Crippen LogP contribution in [0.1, 0.15) is 5.56 Å². The molecule has 0 spiro atoms. The molecule has 1 aromatic heterocycles. The van der Waals surface area contributed by atoms with Crippen LogP contribution >= 0.6 is 22.6 Å². The van der Waals surface area contributed by atoms with Gasteiger partial charge in [0, 0.05) is 28.2 Å². The van der Waals surface area contributed by atoms with E-state index in [2.05, 4.69) is 10.1 Å². The van der Waals surface area contributed by atoms with E-state index in [1.54, 1.807) is 24.3 Å². The maximum absolute atomic E-state index is 12.5. The molecule has 0 fully saturated rings. The molecule has 23 heavy (non-hydrogen) atoms. The Hall–Kier alpha value is -2.10. The first-order chi connectivity index (χ1) is 10.9. The standard InChI is InChI=1S/C15H8F3IN2O2/c16-15(17,18)10-3-7-12(8-4-10)22-11-5-1-9(2-6-11)13-20-14(19)23-21-13/h1-8H. The molecule has 0 aliphatic rings. The highest BCUT2D eigenvalue weighted by Gasteiger charge is 2.30. The number of nitrogens with zero attached hydrogens (tertiary/aromatic N) is 2. The molecule has 3 rings (SSSR count). The minimum atomic E-state index is -4.36. The molecular formula is C15H8F3IN2O2. The molecule has 0 radical (unpaired) electrons. The van der Waals surface area contributed by atoms with Crippen molar-refractivity contribution in [3.63, 3.8) is 0 Å². The molecule has 0 N–H and O–H groups in total. The van der Waals surface area contributed by atoms with Crippen LogP contribution in [0.3, 0.4) is 0 Å². The first-order valence-corrected chi connectivity index (χ1v) is 7.44. The van der Waals surface area contributed by atoms with Gasteiger partial charge in [-0.1, -0.05) is 5.16 Å². The predicted molar refractivity (Wildman–Crippen MR) is 84.0 cm³/mol. The summed E-state index contributed by atoms with van der Waals surface area (Å²) in [5, 5.41) is 3.79. The fourth-order valence-corrected chi connectivity index (χ4v) is 2.17. The van der Waals surface area contributed by atoms with Crippen LogP contribution in [0.4, 0.5) is 13.2 Å². The minimum Gasteiger partial charge on any atom is -0.457 e. The monoisotopic (exact) mass is 432 g/mol. The third kappa shape index (κ3) is 3.81. The van der Waals surface area contributed by atoms with Gasteiger partial charge in [-0.2, -0.15) is 18.2 Å². The molecule has 3 aromatic rings. The fourth-order valence-electron chi connectivity index (χ4n) is 1.84. The highest BCUT2D eigenvalue weighted by Crippen LogP contribution is 2.31. The highest BCUT2D eigenvalue weighted by molar-refractivity contribution is 14.1. The zero-order valence-corrected chi connectivity index (χ0v) is 13.5. The van der Waals surface area contributed by atoms with E-state index in [1.807, 2.05) is 22.6 Å². The summed E-state index contributed by atoms with van der Waals surface area (Å²) in [5.74, 6) is 1.27. The van der Waals surface area contributed by atoms with Crippen molar-refractivity contribution in [1.82, 2.24) is 10.1 Å². The Morgan fingerprint density at radius 1 is 0.913 bits per heavy atom. The van der Waals surface area contributed by atoms with Gasteiger partial charge in [-0.3, -0.25) is 0 Å². The van der Waals surface area contributed by atoms with Gasteiger partial charge in [0.1, 0.15) is 11.5 Å². The Labute approximate surface area is 142 Å². The van der Waals surface area contributed by atoms with E-state index in [1.165, 1.54) is 12.1 Å². The summed E-state index contributed by atoms with van der Waals surface area (Å²) in [6, 6.07) is 11.3. The molecule has 0 amide bonds. The molecular weight excluding hydrogens is 424 g/mol. The van der Waals surface area contributed by atoms with E-state index in [-0.39, 0.29) is 0 Å². The lowest BCUT2D eigenvalue weighted by atomic mass is 10.2. The number of halogens is 4. The topological polar surface area (TPSA) is 48.2 Å². The van der Waals surface area contributed by atoms with Gasteiger partial charge in [0.05, 0.1) is 5.56 Å². The number of alkyl halides is 3. The van der Waals surface area contributed by atoms with Gasteiger partial charge in [-0.15, -0.1) is 0 Å². The van der Waals surface area contributed by atoms with Crippen molar-refractivity contribution < 1.29 is 22.4 Å². The third-order valence-electron chi connectivity index (χ3n) is 2.93. The second-order valence-corrected chi connectivity index (χ2v) is 5.44. The lowest BCUT2D eigenvalue weighted by Crippen LogP contribution is -2.03. The number of aromatic nitrogens is 2. The van der Waals surface area contributed by atoms with E-state index >= 15 is 0 Å².